The summed E-state index contributed by atoms with van der Waals surface area (Å²) in [7, 11) is 0. The maximum absolute atomic E-state index is 5.70. The average molecular weight is 264 g/mol. The second-order valence-electron chi connectivity index (χ2n) is 5.47. The molecule has 0 spiro atoms. The van der Waals surface area contributed by atoms with E-state index in [-0.39, 0.29) is 0 Å². The quantitative estimate of drug-likeness (QED) is 0.767. The lowest BCUT2D eigenvalue weighted by atomic mass is 10.1. The molecule has 0 aliphatic rings. The Morgan fingerprint density at radius 1 is 1.00 bits per heavy atom. The van der Waals surface area contributed by atoms with Crippen LogP contribution in [-0.2, 0) is 13.1 Å². The minimum atomic E-state index is 0.595. The number of benzene rings is 2. The van der Waals surface area contributed by atoms with E-state index in [0.717, 1.165) is 6.54 Å². The molecule has 2 aromatic carbocycles. The summed E-state index contributed by atoms with van der Waals surface area (Å²) in [5.74, 6) is 0. The molecule has 0 aliphatic carbocycles. The average Bonchev–Trinajstić information content (AvgIpc) is 2.85. The summed E-state index contributed by atoms with van der Waals surface area (Å²) in [6.07, 6.45) is 2.16. The fourth-order valence-corrected chi connectivity index (χ4v) is 2.67. The summed E-state index contributed by atoms with van der Waals surface area (Å²) in [6.45, 7) is 5.83. The number of aromatic nitrogens is 1. The van der Waals surface area contributed by atoms with E-state index in [2.05, 4.69) is 67.1 Å². The lowest BCUT2D eigenvalue weighted by Gasteiger charge is -2.10. The predicted octanol–water partition coefficient (Wildman–Crippen LogP) is 3.77. The molecule has 3 rings (SSSR count). The van der Waals surface area contributed by atoms with E-state index in [9.17, 15) is 0 Å². The van der Waals surface area contributed by atoms with Crippen molar-refractivity contribution in [3.63, 3.8) is 0 Å². The zero-order valence-corrected chi connectivity index (χ0v) is 12.1. The molecule has 0 atom stereocenters. The number of nitrogens with zero attached hydrogens (tertiary/aromatic N) is 1. The molecule has 2 heteroatoms. The second kappa shape index (κ2) is 5.14. The third-order valence-corrected chi connectivity index (χ3v) is 3.92. The van der Waals surface area contributed by atoms with Crippen LogP contribution in [0.25, 0.3) is 10.9 Å². The highest BCUT2D eigenvalue weighted by atomic mass is 14.9. The molecule has 0 radical (unpaired) electrons. The van der Waals surface area contributed by atoms with E-state index in [1.807, 2.05) is 0 Å². The zero-order chi connectivity index (χ0) is 14.1. The van der Waals surface area contributed by atoms with Gasteiger partial charge in [0.2, 0.25) is 0 Å². The van der Waals surface area contributed by atoms with Crippen LogP contribution in [0.1, 0.15) is 22.3 Å². The van der Waals surface area contributed by atoms with Crippen molar-refractivity contribution in [2.24, 2.45) is 5.73 Å². The lowest BCUT2D eigenvalue weighted by molar-refractivity contribution is 0.829. The standard InChI is InChI=1S/C18H20N2/c1-13-3-4-14(2)17(9-13)12-20-8-7-16-10-15(11-19)5-6-18(16)20/h3-10H,11-12,19H2,1-2H3. The van der Waals surface area contributed by atoms with Crippen molar-refractivity contribution in [3.8, 4) is 0 Å². The van der Waals surface area contributed by atoms with E-state index in [4.69, 9.17) is 5.73 Å². The predicted molar refractivity (Wildman–Crippen MR) is 84.8 cm³/mol. The van der Waals surface area contributed by atoms with E-state index < -0.39 is 0 Å². The van der Waals surface area contributed by atoms with E-state index in [1.54, 1.807) is 0 Å². The molecule has 0 saturated carbocycles. The molecule has 1 aromatic heterocycles. The van der Waals surface area contributed by atoms with Gasteiger partial charge in [0.1, 0.15) is 0 Å². The summed E-state index contributed by atoms with van der Waals surface area (Å²) in [5, 5.41) is 1.26. The number of nitrogens with two attached hydrogens (primary N) is 1. The molecule has 0 saturated heterocycles. The Bertz CT molecular complexity index is 753. The molecule has 102 valence electrons. The Labute approximate surface area is 119 Å². The minimum absolute atomic E-state index is 0.595. The highest BCUT2D eigenvalue weighted by molar-refractivity contribution is 5.81. The third kappa shape index (κ3) is 2.35. The van der Waals surface area contributed by atoms with Gasteiger partial charge in [0.15, 0.2) is 0 Å². The van der Waals surface area contributed by atoms with Crippen LogP contribution in [0.5, 0.6) is 0 Å². The van der Waals surface area contributed by atoms with Crippen LogP contribution in [0, 0.1) is 13.8 Å². The number of fused-ring (bicyclic) bond motifs is 1. The summed E-state index contributed by atoms with van der Waals surface area (Å²) in [6, 6.07) is 15.3. The van der Waals surface area contributed by atoms with Gasteiger partial charge in [0, 0.05) is 24.8 Å². The van der Waals surface area contributed by atoms with Gasteiger partial charge in [-0.15, -0.1) is 0 Å². The van der Waals surface area contributed by atoms with Gasteiger partial charge in [-0.1, -0.05) is 29.8 Å². The molecule has 1 heterocycles. The number of rotatable bonds is 3. The number of aryl methyl sites for hydroxylation is 2. The molecular weight excluding hydrogens is 244 g/mol. The first-order valence-electron chi connectivity index (χ1n) is 7.01. The molecule has 0 unspecified atom stereocenters. The number of hydrogen-bond donors (Lipinski definition) is 1. The SMILES string of the molecule is Cc1ccc(C)c(Cn2ccc3cc(CN)ccc32)c1. The summed E-state index contributed by atoms with van der Waals surface area (Å²) >= 11 is 0. The highest BCUT2D eigenvalue weighted by Crippen LogP contribution is 2.20. The van der Waals surface area contributed by atoms with Gasteiger partial charge in [0.25, 0.3) is 0 Å². The highest BCUT2D eigenvalue weighted by Gasteiger charge is 2.05. The van der Waals surface area contributed by atoms with Gasteiger partial charge in [-0.2, -0.15) is 0 Å². The van der Waals surface area contributed by atoms with Crippen LogP contribution in [0.3, 0.4) is 0 Å². The smallest absolute Gasteiger partial charge is 0.0483 e. The molecule has 0 bridgehead atoms. The van der Waals surface area contributed by atoms with Crippen LogP contribution in [0.4, 0.5) is 0 Å². The van der Waals surface area contributed by atoms with Crippen LogP contribution in [-0.4, -0.2) is 4.57 Å². The molecule has 0 amide bonds. The Kier molecular flexibility index (Phi) is 3.33. The second-order valence-corrected chi connectivity index (χ2v) is 5.47. The van der Waals surface area contributed by atoms with Gasteiger partial charge >= 0.3 is 0 Å². The normalized spacial score (nSPS) is 11.2. The van der Waals surface area contributed by atoms with E-state index in [1.165, 1.54) is 33.2 Å². The number of hydrogen-bond acceptors (Lipinski definition) is 1. The van der Waals surface area contributed by atoms with Crippen molar-refractivity contribution < 1.29 is 0 Å². The first kappa shape index (κ1) is 12.9. The van der Waals surface area contributed by atoms with Crippen molar-refractivity contribution in [2.45, 2.75) is 26.9 Å². The van der Waals surface area contributed by atoms with Crippen LogP contribution in [0.2, 0.25) is 0 Å². The molecule has 2 N–H and O–H groups in total. The molecule has 3 aromatic rings. The van der Waals surface area contributed by atoms with Crippen LogP contribution < -0.4 is 5.73 Å². The van der Waals surface area contributed by atoms with Crippen molar-refractivity contribution in [3.05, 3.63) is 70.9 Å². The van der Waals surface area contributed by atoms with Gasteiger partial charge in [-0.05, 0) is 54.1 Å². The minimum Gasteiger partial charge on any atom is -0.343 e. The Balaban J connectivity index is 2.00. The molecule has 0 aliphatic heterocycles. The Hall–Kier alpha value is -2.06. The fraction of sp³-hybridized carbons (Fsp3) is 0.222. The van der Waals surface area contributed by atoms with Crippen LogP contribution >= 0.6 is 0 Å². The molecular formula is C18H20N2. The largest absolute Gasteiger partial charge is 0.343 e. The summed E-state index contributed by atoms with van der Waals surface area (Å²) in [4.78, 5) is 0. The van der Waals surface area contributed by atoms with Gasteiger partial charge in [0.05, 0.1) is 0 Å². The van der Waals surface area contributed by atoms with Crippen molar-refractivity contribution >= 4 is 10.9 Å². The third-order valence-electron chi connectivity index (χ3n) is 3.92. The fourth-order valence-electron chi connectivity index (χ4n) is 2.67. The maximum Gasteiger partial charge on any atom is 0.0483 e. The first-order chi connectivity index (χ1) is 9.67. The lowest BCUT2D eigenvalue weighted by Crippen LogP contribution is -2.01. The Morgan fingerprint density at radius 2 is 1.85 bits per heavy atom. The summed E-state index contributed by atoms with van der Waals surface area (Å²) in [5.41, 5.74) is 12.2. The zero-order valence-electron chi connectivity index (χ0n) is 12.1. The monoisotopic (exact) mass is 264 g/mol. The van der Waals surface area contributed by atoms with Crippen LogP contribution in [0.15, 0.2) is 48.7 Å². The van der Waals surface area contributed by atoms with Crippen molar-refractivity contribution in [2.75, 3.05) is 0 Å². The molecule has 0 fully saturated rings. The summed E-state index contributed by atoms with van der Waals surface area (Å²) < 4.78 is 2.30. The topological polar surface area (TPSA) is 30.9 Å². The van der Waals surface area contributed by atoms with Gasteiger partial charge in [-0.3, -0.25) is 0 Å². The van der Waals surface area contributed by atoms with Crippen molar-refractivity contribution in [1.29, 1.82) is 0 Å². The van der Waals surface area contributed by atoms with Gasteiger partial charge < -0.3 is 10.3 Å². The molecule has 20 heavy (non-hydrogen) atoms. The first-order valence-corrected chi connectivity index (χ1v) is 7.01. The van der Waals surface area contributed by atoms with E-state index in [0.29, 0.717) is 6.54 Å². The van der Waals surface area contributed by atoms with E-state index >= 15 is 0 Å². The van der Waals surface area contributed by atoms with Crippen molar-refractivity contribution in [1.82, 2.24) is 4.57 Å². The Morgan fingerprint density at radius 3 is 2.65 bits per heavy atom. The van der Waals surface area contributed by atoms with Gasteiger partial charge in [-0.25, -0.2) is 0 Å². The maximum atomic E-state index is 5.70. The molecule has 2 nitrogen and oxygen atoms in total.